The van der Waals surface area contributed by atoms with Crippen molar-refractivity contribution in [2.75, 3.05) is 11.9 Å². The van der Waals surface area contributed by atoms with Crippen molar-refractivity contribution in [3.05, 3.63) is 11.9 Å². The molecule has 2 rings (SSSR count). The van der Waals surface area contributed by atoms with E-state index in [-0.39, 0.29) is 12.1 Å². The molecule has 0 aromatic carbocycles. The van der Waals surface area contributed by atoms with Gasteiger partial charge in [-0.05, 0) is 40.0 Å². The molecule has 1 saturated heterocycles. The zero-order chi connectivity index (χ0) is 16.3. The highest BCUT2D eigenvalue weighted by atomic mass is 16.3. The predicted octanol–water partition coefficient (Wildman–Crippen LogP) is 2.76. The summed E-state index contributed by atoms with van der Waals surface area (Å²) in [7, 11) is 0. The number of nitrogens with one attached hydrogen (secondary N) is 1. The topological polar surface area (TPSA) is 70.4 Å². The summed E-state index contributed by atoms with van der Waals surface area (Å²) in [6.07, 6.45) is 5.66. The van der Waals surface area contributed by atoms with Crippen LogP contribution in [-0.4, -0.2) is 44.0 Å². The second kappa shape index (κ2) is 6.69. The maximum atomic E-state index is 12.5. The van der Waals surface area contributed by atoms with Crippen LogP contribution in [0.2, 0.25) is 0 Å². The van der Waals surface area contributed by atoms with Gasteiger partial charge in [0.15, 0.2) is 0 Å². The van der Waals surface area contributed by atoms with E-state index in [4.69, 9.17) is 0 Å². The molecule has 1 aliphatic rings. The molecule has 1 atom stereocenters. The largest absolute Gasteiger partial charge is 0.388 e. The van der Waals surface area contributed by atoms with Gasteiger partial charge >= 0.3 is 6.03 Å². The standard InChI is InChI=1S/C16H28N4O2/c1-5-6-10-20-12(2)13(11-17-20)18-15(21)19-9-7-8-14(19)16(3,4)22/h11,14,22H,5-10H2,1-4H3,(H,18,21). The molecule has 2 heterocycles. The van der Waals surface area contributed by atoms with E-state index in [9.17, 15) is 9.90 Å². The van der Waals surface area contributed by atoms with Gasteiger partial charge in [0.25, 0.3) is 0 Å². The fraction of sp³-hybridized carbons (Fsp3) is 0.750. The molecule has 0 radical (unpaired) electrons. The smallest absolute Gasteiger partial charge is 0.322 e. The lowest BCUT2D eigenvalue weighted by molar-refractivity contribution is 0.0117. The van der Waals surface area contributed by atoms with E-state index >= 15 is 0 Å². The van der Waals surface area contributed by atoms with Gasteiger partial charge in [-0.1, -0.05) is 13.3 Å². The number of aryl methyl sites for hydroxylation is 1. The van der Waals surface area contributed by atoms with Gasteiger partial charge in [0.05, 0.1) is 29.2 Å². The quantitative estimate of drug-likeness (QED) is 0.878. The van der Waals surface area contributed by atoms with Crippen LogP contribution >= 0.6 is 0 Å². The molecule has 1 aromatic heterocycles. The summed E-state index contributed by atoms with van der Waals surface area (Å²) in [4.78, 5) is 14.3. The minimum absolute atomic E-state index is 0.136. The van der Waals surface area contributed by atoms with Gasteiger partial charge in [-0.2, -0.15) is 5.10 Å². The first-order chi connectivity index (χ1) is 10.3. The number of aromatic nitrogens is 2. The lowest BCUT2D eigenvalue weighted by Crippen LogP contribution is -2.49. The fourth-order valence-electron chi connectivity index (χ4n) is 3.03. The highest BCUT2D eigenvalue weighted by molar-refractivity contribution is 5.90. The number of carbonyl (C=O) groups excluding carboxylic acids is 1. The minimum Gasteiger partial charge on any atom is -0.388 e. The third-order valence-electron chi connectivity index (χ3n) is 4.40. The molecule has 1 aliphatic heterocycles. The molecule has 0 spiro atoms. The van der Waals surface area contributed by atoms with Crippen molar-refractivity contribution < 1.29 is 9.90 Å². The predicted molar refractivity (Wildman–Crippen MR) is 86.9 cm³/mol. The zero-order valence-corrected chi connectivity index (χ0v) is 14.1. The van der Waals surface area contributed by atoms with E-state index in [1.807, 2.05) is 11.6 Å². The number of carbonyl (C=O) groups is 1. The Morgan fingerprint density at radius 1 is 1.55 bits per heavy atom. The lowest BCUT2D eigenvalue weighted by atomic mass is 9.97. The molecule has 22 heavy (non-hydrogen) atoms. The highest BCUT2D eigenvalue weighted by Gasteiger charge is 2.38. The van der Waals surface area contributed by atoms with Crippen LogP contribution in [0.5, 0.6) is 0 Å². The molecule has 6 heteroatoms. The Labute approximate surface area is 132 Å². The van der Waals surface area contributed by atoms with Crippen LogP contribution in [0.25, 0.3) is 0 Å². The van der Waals surface area contributed by atoms with Crippen LogP contribution in [0.3, 0.4) is 0 Å². The Hall–Kier alpha value is -1.56. The van der Waals surface area contributed by atoms with Gasteiger partial charge in [-0.25, -0.2) is 4.79 Å². The molecule has 6 nitrogen and oxygen atoms in total. The van der Waals surface area contributed by atoms with Crippen molar-refractivity contribution in [3.63, 3.8) is 0 Å². The Morgan fingerprint density at radius 2 is 2.27 bits per heavy atom. The Kier molecular flexibility index (Phi) is 5.11. The molecule has 2 N–H and O–H groups in total. The van der Waals surface area contributed by atoms with Crippen molar-refractivity contribution in [1.82, 2.24) is 14.7 Å². The molecule has 0 aliphatic carbocycles. The number of hydrogen-bond acceptors (Lipinski definition) is 3. The summed E-state index contributed by atoms with van der Waals surface area (Å²) in [5.41, 5.74) is 0.845. The van der Waals surface area contributed by atoms with Crippen LogP contribution in [0, 0.1) is 6.92 Å². The van der Waals surface area contributed by atoms with E-state index in [1.165, 1.54) is 0 Å². The average Bonchev–Trinajstić information content (AvgIpc) is 3.05. The van der Waals surface area contributed by atoms with Crippen molar-refractivity contribution in [2.24, 2.45) is 0 Å². The summed E-state index contributed by atoms with van der Waals surface area (Å²) < 4.78 is 1.93. The van der Waals surface area contributed by atoms with Gasteiger partial charge < -0.3 is 15.3 Å². The van der Waals surface area contributed by atoms with Gasteiger partial charge in [0, 0.05) is 13.1 Å². The first-order valence-corrected chi connectivity index (χ1v) is 8.17. The number of likely N-dealkylation sites (tertiary alicyclic amines) is 1. The maximum Gasteiger partial charge on any atom is 0.322 e. The summed E-state index contributed by atoms with van der Waals surface area (Å²) in [5.74, 6) is 0. The molecular formula is C16H28N4O2. The first-order valence-electron chi connectivity index (χ1n) is 8.17. The summed E-state index contributed by atoms with van der Waals surface area (Å²) in [6.45, 7) is 9.19. The molecule has 0 bridgehead atoms. The second-order valence-electron chi connectivity index (χ2n) is 6.66. The lowest BCUT2D eigenvalue weighted by Gasteiger charge is -2.33. The average molecular weight is 308 g/mol. The number of nitrogens with zero attached hydrogens (tertiary/aromatic N) is 3. The van der Waals surface area contributed by atoms with E-state index in [0.717, 1.165) is 43.6 Å². The normalized spacial score (nSPS) is 18.8. The summed E-state index contributed by atoms with van der Waals surface area (Å²) >= 11 is 0. The number of urea groups is 1. The highest BCUT2D eigenvalue weighted by Crippen LogP contribution is 2.27. The fourth-order valence-corrected chi connectivity index (χ4v) is 3.03. The van der Waals surface area contributed by atoms with Gasteiger partial charge in [-0.3, -0.25) is 4.68 Å². The van der Waals surface area contributed by atoms with Crippen LogP contribution in [0.4, 0.5) is 10.5 Å². The second-order valence-corrected chi connectivity index (χ2v) is 6.66. The number of hydrogen-bond donors (Lipinski definition) is 2. The number of unbranched alkanes of at least 4 members (excludes halogenated alkanes) is 1. The number of amides is 2. The van der Waals surface area contributed by atoms with Crippen LogP contribution in [0.15, 0.2) is 6.20 Å². The van der Waals surface area contributed by atoms with Crippen LogP contribution in [0.1, 0.15) is 52.1 Å². The van der Waals surface area contributed by atoms with Crippen molar-refractivity contribution in [2.45, 2.75) is 71.6 Å². The molecule has 2 amide bonds. The SMILES string of the molecule is CCCCn1ncc(NC(=O)N2CCCC2C(C)(C)O)c1C. The van der Waals surface area contributed by atoms with E-state index in [0.29, 0.717) is 6.54 Å². The molecule has 1 unspecified atom stereocenters. The summed E-state index contributed by atoms with van der Waals surface area (Å²) in [5, 5.41) is 17.5. The number of anilines is 1. The third kappa shape index (κ3) is 3.61. The third-order valence-corrected chi connectivity index (χ3v) is 4.40. The van der Waals surface area contributed by atoms with Crippen LogP contribution < -0.4 is 5.32 Å². The van der Waals surface area contributed by atoms with Crippen molar-refractivity contribution >= 4 is 11.7 Å². The molecule has 1 aromatic rings. The Bertz CT molecular complexity index is 519. The molecular weight excluding hydrogens is 280 g/mol. The van der Waals surface area contributed by atoms with Crippen LogP contribution in [-0.2, 0) is 6.54 Å². The maximum absolute atomic E-state index is 12.5. The molecule has 1 fully saturated rings. The Balaban J connectivity index is 2.04. The van der Waals surface area contributed by atoms with Crippen molar-refractivity contribution in [3.8, 4) is 0 Å². The van der Waals surface area contributed by atoms with E-state index in [1.54, 1.807) is 24.9 Å². The van der Waals surface area contributed by atoms with Crippen molar-refractivity contribution in [1.29, 1.82) is 0 Å². The molecule has 0 saturated carbocycles. The number of aliphatic hydroxyl groups is 1. The monoisotopic (exact) mass is 308 g/mol. The van der Waals surface area contributed by atoms with Gasteiger partial charge in [0.1, 0.15) is 0 Å². The van der Waals surface area contributed by atoms with E-state index in [2.05, 4.69) is 17.3 Å². The first kappa shape index (κ1) is 16.8. The summed E-state index contributed by atoms with van der Waals surface area (Å²) in [6, 6.07) is -0.286. The Morgan fingerprint density at radius 3 is 2.91 bits per heavy atom. The van der Waals surface area contributed by atoms with Gasteiger partial charge in [0.2, 0.25) is 0 Å². The molecule has 124 valence electrons. The van der Waals surface area contributed by atoms with Gasteiger partial charge in [-0.15, -0.1) is 0 Å². The number of rotatable bonds is 5. The zero-order valence-electron chi connectivity index (χ0n) is 14.1. The van der Waals surface area contributed by atoms with E-state index < -0.39 is 5.60 Å². The minimum atomic E-state index is -0.881.